The van der Waals surface area contributed by atoms with Gasteiger partial charge < -0.3 is 4.57 Å². The minimum Gasteiger partial charge on any atom is -0.313 e. The Labute approximate surface area is 118 Å². The van der Waals surface area contributed by atoms with Crippen LogP contribution in [0.4, 0.5) is 0 Å². The van der Waals surface area contributed by atoms with E-state index in [1.165, 1.54) is 4.90 Å². The van der Waals surface area contributed by atoms with E-state index in [0.29, 0.717) is 12.8 Å². The molecule has 108 valence electrons. The van der Waals surface area contributed by atoms with E-state index in [2.05, 4.69) is 14.8 Å². The van der Waals surface area contributed by atoms with Crippen LogP contribution in [-0.2, 0) is 29.1 Å². The molecule has 1 fully saturated rings. The number of fused-ring (bicyclic) bond motifs is 1. The van der Waals surface area contributed by atoms with Crippen LogP contribution >= 0.6 is 0 Å². The molecule has 1 atom stereocenters. The molecular weight excluding hydrogens is 256 g/mol. The molecule has 6 heteroatoms. The van der Waals surface area contributed by atoms with Gasteiger partial charge in [-0.25, -0.2) is 0 Å². The molecule has 1 saturated heterocycles. The van der Waals surface area contributed by atoms with Crippen LogP contribution < -0.4 is 0 Å². The Bertz CT molecular complexity index is 566. The van der Waals surface area contributed by atoms with Crippen LogP contribution in [0, 0.1) is 5.41 Å². The molecule has 1 aromatic heterocycles. The molecule has 0 aliphatic carbocycles. The van der Waals surface area contributed by atoms with Gasteiger partial charge in [0, 0.05) is 19.4 Å². The van der Waals surface area contributed by atoms with E-state index in [-0.39, 0.29) is 18.4 Å². The first kappa shape index (κ1) is 13.3. The van der Waals surface area contributed by atoms with E-state index >= 15 is 0 Å². The number of likely N-dealkylation sites (tertiary alicyclic amines) is 1. The lowest BCUT2D eigenvalue weighted by molar-refractivity contribution is -0.142. The van der Waals surface area contributed by atoms with E-state index in [1.807, 2.05) is 13.8 Å². The molecule has 0 spiro atoms. The minimum atomic E-state index is -0.540. The first-order valence-electron chi connectivity index (χ1n) is 7.31. The zero-order valence-corrected chi connectivity index (χ0v) is 12.1. The quantitative estimate of drug-likeness (QED) is 0.780. The maximum absolute atomic E-state index is 12.4. The summed E-state index contributed by atoms with van der Waals surface area (Å²) in [5.74, 6) is 1.55. The van der Waals surface area contributed by atoms with Crippen molar-refractivity contribution < 1.29 is 9.59 Å². The van der Waals surface area contributed by atoms with Crippen molar-refractivity contribution in [3.63, 3.8) is 0 Å². The van der Waals surface area contributed by atoms with Crippen molar-refractivity contribution in [1.82, 2.24) is 19.7 Å². The van der Waals surface area contributed by atoms with Gasteiger partial charge in [0.15, 0.2) is 5.82 Å². The number of carbonyl (C=O) groups excluding carboxylic acids is 2. The van der Waals surface area contributed by atoms with Crippen molar-refractivity contribution in [2.24, 2.45) is 5.41 Å². The topological polar surface area (TPSA) is 68.1 Å². The lowest BCUT2D eigenvalue weighted by atomic mass is 9.86. The summed E-state index contributed by atoms with van der Waals surface area (Å²) in [6, 6.07) is 0. The van der Waals surface area contributed by atoms with Gasteiger partial charge in [0.2, 0.25) is 11.8 Å². The van der Waals surface area contributed by atoms with Crippen LogP contribution in [-0.4, -0.2) is 31.5 Å². The summed E-state index contributed by atoms with van der Waals surface area (Å²) >= 11 is 0. The molecule has 0 saturated carbocycles. The van der Waals surface area contributed by atoms with Crippen molar-refractivity contribution in [3.8, 4) is 0 Å². The van der Waals surface area contributed by atoms with Crippen molar-refractivity contribution >= 4 is 11.8 Å². The molecule has 0 bridgehead atoms. The Balaban J connectivity index is 1.83. The van der Waals surface area contributed by atoms with E-state index in [0.717, 1.165) is 37.5 Å². The molecule has 3 rings (SSSR count). The Hall–Kier alpha value is -1.72. The normalized spacial score (nSPS) is 26.2. The van der Waals surface area contributed by atoms with Crippen LogP contribution in [0.1, 0.15) is 51.2 Å². The summed E-state index contributed by atoms with van der Waals surface area (Å²) in [7, 11) is 0. The number of aryl methyl sites for hydroxylation is 1. The number of nitrogens with zero attached hydrogens (tertiary/aromatic N) is 4. The molecule has 20 heavy (non-hydrogen) atoms. The third-order valence-corrected chi connectivity index (χ3v) is 4.62. The number of amides is 2. The highest BCUT2D eigenvalue weighted by atomic mass is 16.2. The smallest absolute Gasteiger partial charge is 0.236 e. The van der Waals surface area contributed by atoms with Crippen molar-refractivity contribution in [3.05, 3.63) is 11.6 Å². The first-order chi connectivity index (χ1) is 9.55. The molecule has 0 N–H and O–H groups in total. The number of imide groups is 1. The van der Waals surface area contributed by atoms with E-state index in [9.17, 15) is 9.59 Å². The average Bonchev–Trinajstić information content (AvgIpc) is 2.95. The lowest BCUT2D eigenvalue weighted by Crippen LogP contribution is -2.34. The molecule has 1 unspecified atom stereocenters. The zero-order chi connectivity index (χ0) is 14.3. The molecule has 1 aromatic rings. The molecule has 0 aromatic carbocycles. The molecule has 2 aliphatic rings. The van der Waals surface area contributed by atoms with Crippen LogP contribution in [0.5, 0.6) is 0 Å². The highest BCUT2D eigenvalue weighted by Crippen LogP contribution is 2.36. The van der Waals surface area contributed by atoms with Crippen molar-refractivity contribution in [1.29, 1.82) is 0 Å². The number of hydrogen-bond acceptors (Lipinski definition) is 4. The number of aromatic nitrogens is 3. The predicted octanol–water partition coefficient (Wildman–Crippen LogP) is 1.29. The monoisotopic (exact) mass is 276 g/mol. The SMILES string of the molecule is CCC1(C)CC(=O)N(Cc2nnc3n2CCCC3)C1=O. The molecule has 6 nitrogen and oxygen atoms in total. The molecule has 3 heterocycles. The number of carbonyl (C=O) groups is 2. The lowest BCUT2D eigenvalue weighted by Gasteiger charge is -2.21. The summed E-state index contributed by atoms with van der Waals surface area (Å²) in [5.41, 5.74) is -0.540. The second-order valence-corrected chi connectivity index (χ2v) is 6.02. The number of rotatable bonds is 3. The van der Waals surface area contributed by atoms with Gasteiger partial charge in [0.25, 0.3) is 0 Å². The second-order valence-electron chi connectivity index (χ2n) is 6.02. The van der Waals surface area contributed by atoms with E-state index in [4.69, 9.17) is 0 Å². The fourth-order valence-corrected chi connectivity index (χ4v) is 3.01. The molecule has 0 radical (unpaired) electrons. The highest BCUT2D eigenvalue weighted by molar-refractivity contribution is 6.05. The van der Waals surface area contributed by atoms with Crippen LogP contribution in [0.25, 0.3) is 0 Å². The van der Waals surface area contributed by atoms with E-state index < -0.39 is 5.41 Å². The van der Waals surface area contributed by atoms with Gasteiger partial charge in [-0.2, -0.15) is 0 Å². The van der Waals surface area contributed by atoms with Gasteiger partial charge in [0.1, 0.15) is 5.82 Å². The largest absolute Gasteiger partial charge is 0.313 e. The Morgan fingerprint density at radius 1 is 1.25 bits per heavy atom. The molecular formula is C14H20N4O2. The second kappa shape index (κ2) is 4.68. The minimum absolute atomic E-state index is 0.0711. The van der Waals surface area contributed by atoms with E-state index in [1.54, 1.807) is 0 Å². The maximum Gasteiger partial charge on any atom is 0.236 e. The summed E-state index contributed by atoms with van der Waals surface area (Å²) in [5, 5.41) is 8.34. The fourth-order valence-electron chi connectivity index (χ4n) is 3.01. The summed E-state index contributed by atoms with van der Waals surface area (Å²) in [6.07, 6.45) is 4.16. The first-order valence-corrected chi connectivity index (χ1v) is 7.31. The third-order valence-electron chi connectivity index (χ3n) is 4.62. The molecule has 2 aliphatic heterocycles. The van der Waals surface area contributed by atoms with Gasteiger partial charge in [-0.15, -0.1) is 10.2 Å². The highest BCUT2D eigenvalue weighted by Gasteiger charge is 2.47. The maximum atomic E-state index is 12.4. The predicted molar refractivity (Wildman–Crippen MR) is 71.5 cm³/mol. The number of hydrogen-bond donors (Lipinski definition) is 0. The van der Waals surface area contributed by atoms with Gasteiger partial charge in [-0.05, 0) is 19.3 Å². The summed E-state index contributed by atoms with van der Waals surface area (Å²) in [6.45, 7) is 4.97. The van der Waals surface area contributed by atoms with Gasteiger partial charge >= 0.3 is 0 Å². The molecule has 2 amide bonds. The third kappa shape index (κ3) is 1.94. The zero-order valence-electron chi connectivity index (χ0n) is 12.1. The summed E-state index contributed by atoms with van der Waals surface area (Å²) < 4.78 is 2.06. The average molecular weight is 276 g/mol. The Morgan fingerprint density at radius 2 is 2.05 bits per heavy atom. The van der Waals surface area contributed by atoms with Crippen LogP contribution in [0.15, 0.2) is 0 Å². The van der Waals surface area contributed by atoms with Gasteiger partial charge in [-0.3, -0.25) is 14.5 Å². The van der Waals surface area contributed by atoms with Crippen molar-refractivity contribution in [2.45, 2.75) is 59.0 Å². The Morgan fingerprint density at radius 3 is 2.75 bits per heavy atom. The van der Waals surface area contributed by atoms with Crippen molar-refractivity contribution in [2.75, 3.05) is 0 Å². The van der Waals surface area contributed by atoms with Crippen LogP contribution in [0.3, 0.4) is 0 Å². The fraction of sp³-hybridized carbons (Fsp3) is 0.714. The van der Waals surface area contributed by atoms with Gasteiger partial charge in [-0.1, -0.05) is 13.8 Å². The van der Waals surface area contributed by atoms with Gasteiger partial charge in [0.05, 0.1) is 12.0 Å². The van der Waals surface area contributed by atoms with Crippen LogP contribution in [0.2, 0.25) is 0 Å². The standard InChI is InChI=1S/C14H20N4O2/c1-3-14(2)8-12(19)18(13(14)20)9-11-16-15-10-6-4-5-7-17(10)11/h3-9H2,1-2H3. The Kier molecular flexibility index (Phi) is 3.11. The summed E-state index contributed by atoms with van der Waals surface area (Å²) in [4.78, 5) is 25.9.